The molecule has 0 saturated heterocycles. The second-order valence-corrected chi connectivity index (χ2v) is 7.93. The maximum absolute atomic E-state index is 12.3. The van der Waals surface area contributed by atoms with Gasteiger partial charge in [0.2, 0.25) is 0 Å². The van der Waals surface area contributed by atoms with Crippen LogP contribution in [-0.2, 0) is 6.42 Å². The van der Waals surface area contributed by atoms with E-state index in [1.54, 1.807) is 0 Å². The van der Waals surface area contributed by atoms with Gasteiger partial charge in [0.25, 0.3) is 5.91 Å². The van der Waals surface area contributed by atoms with Crippen molar-refractivity contribution in [1.29, 1.82) is 0 Å². The van der Waals surface area contributed by atoms with Crippen LogP contribution >= 0.6 is 0 Å². The van der Waals surface area contributed by atoms with E-state index in [9.17, 15) is 4.79 Å². The van der Waals surface area contributed by atoms with Gasteiger partial charge in [-0.15, -0.1) is 0 Å². The Hall–Kier alpha value is -3.39. The highest BCUT2D eigenvalue weighted by Gasteiger charge is 2.37. The number of hydrogen-bond acceptors (Lipinski definition) is 1. The summed E-state index contributed by atoms with van der Waals surface area (Å²) in [4.78, 5) is 12.3. The number of nitrogens with one attached hydrogen (secondary N) is 1. The van der Waals surface area contributed by atoms with Gasteiger partial charge in [-0.3, -0.25) is 4.79 Å². The Morgan fingerprint density at radius 1 is 0.793 bits per heavy atom. The number of amides is 1. The Balaban J connectivity index is 1.21. The van der Waals surface area contributed by atoms with Gasteiger partial charge in [-0.1, -0.05) is 72.8 Å². The Labute approximate surface area is 171 Å². The number of benzene rings is 4. The average molecular weight is 377 g/mol. The molecule has 0 aromatic heterocycles. The normalized spacial score (nSPS) is 17.8. The molecule has 4 aromatic rings. The number of carbonyl (C=O) groups excluding carboxylic acids is 1. The van der Waals surface area contributed by atoms with Gasteiger partial charge in [0.15, 0.2) is 0 Å². The minimum absolute atomic E-state index is 0.0704. The van der Waals surface area contributed by atoms with Crippen LogP contribution in [0.2, 0.25) is 0 Å². The topological polar surface area (TPSA) is 29.1 Å². The lowest BCUT2D eigenvalue weighted by atomic mass is 10.0. The monoisotopic (exact) mass is 377 g/mol. The molecule has 0 radical (unpaired) electrons. The molecule has 1 aliphatic carbocycles. The van der Waals surface area contributed by atoms with Crippen LogP contribution in [0.1, 0.15) is 33.8 Å². The van der Waals surface area contributed by atoms with E-state index in [0.717, 1.165) is 12.1 Å². The first-order valence-corrected chi connectivity index (χ1v) is 10.2. The molecule has 29 heavy (non-hydrogen) atoms. The Kier molecular flexibility index (Phi) is 4.61. The van der Waals surface area contributed by atoms with Crippen molar-refractivity contribution in [2.24, 2.45) is 5.92 Å². The summed E-state index contributed by atoms with van der Waals surface area (Å²) in [6.07, 6.45) is 2.37. The second-order valence-electron chi connectivity index (χ2n) is 7.93. The highest BCUT2D eigenvalue weighted by Crippen LogP contribution is 2.49. The molecule has 0 heterocycles. The first-order chi connectivity index (χ1) is 14.3. The third kappa shape index (κ3) is 3.93. The molecule has 5 rings (SSSR count). The van der Waals surface area contributed by atoms with Crippen molar-refractivity contribution in [2.45, 2.75) is 18.8 Å². The molecular formula is C27H23NO. The summed E-state index contributed by atoms with van der Waals surface area (Å²) >= 11 is 0. The summed E-state index contributed by atoms with van der Waals surface area (Å²) in [6, 6.07) is 33.0. The van der Waals surface area contributed by atoms with E-state index in [1.807, 2.05) is 42.5 Å². The number of fused-ring (bicyclic) bond motifs is 1. The van der Waals surface area contributed by atoms with Crippen molar-refractivity contribution in [2.75, 3.05) is 5.32 Å². The Bertz CT molecular complexity index is 1150. The molecule has 0 spiro atoms. The smallest absolute Gasteiger partial charge is 0.255 e. The van der Waals surface area contributed by atoms with Gasteiger partial charge >= 0.3 is 0 Å². The van der Waals surface area contributed by atoms with Crippen molar-refractivity contribution in [3.05, 3.63) is 114 Å². The predicted octanol–water partition coefficient (Wildman–Crippen LogP) is 6.44. The molecular weight excluding hydrogens is 354 g/mol. The number of carbonyl (C=O) groups is 1. The number of anilines is 1. The highest BCUT2D eigenvalue weighted by atomic mass is 16.1. The lowest BCUT2D eigenvalue weighted by Crippen LogP contribution is -2.11. The fourth-order valence-electron chi connectivity index (χ4n) is 4.16. The molecule has 1 aliphatic rings. The lowest BCUT2D eigenvalue weighted by molar-refractivity contribution is 0.102. The first kappa shape index (κ1) is 17.7. The third-order valence-corrected chi connectivity index (χ3v) is 5.87. The van der Waals surface area contributed by atoms with Crippen molar-refractivity contribution in [3.63, 3.8) is 0 Å². The molecule has 2 atom stereocenters. The quantitative estimate of drug-likeness (QED) is 0.426. The van der Waals surface area contributed by atoms with Gasteiger partial charge in [0.1, 0.15) is 0 Å². The zero-order valence-electron chi connectivity index (χ0n) is 16.2. The van der Waals surface area contributed by atoms with Crippen LogP contribution in [0.25, 0.3) is 10.8 Å². The van der Waals surface area contributed by atoms with Gasteiger partial charge in [0, 0.05) is 11.3 Å². The molecule has 1 saturated carbocycles. The minimum atomic E-state index is -0.0704. The largest absolute Gasteiger partial charge is 0.322 e. The first-order valence-electron chi connectivity index (χ1n) is 10.2. The lowest BCUT2D eigenvalue weighted by Gasteiger charge is -2.07. The van der Waals surface area contributed by atoms with E-state index < -0.39 is 0 Å². The molecule has 1 N–H and O–H groups in total. The summed E-state index contributed by atoms with van der Waals surface area (Å²) in [5, 5.41) is 5.60. The molecule has 142 valence electrons. The molecule has 0 unspecified atom stereocenters. The maximum atomic E-state index is 12.3. The molecule has 4 aromatic carbocycles. The van der Waals surface area contributed by atoms with Crippen molar-refractivity contribution >= 4 is 22.4 Å². The maximum Gasteiger partial charge on any atom is 0.255 e. The Morgan fingerprint density at radius 2 is 1.52 bits per heavy atom. The second kappa shape index (κ2) is 7.56. The average Bonchev–Trinajstić information content (AvgIpc) is 3.54. The fraction of sp³-hybridized carbons (Fsp3) is 0.148. The summed E-state index contributed by atoms with van der Waals surface area (Å²) in [6.45, 7) is 0. The van der Waals surface area contributed by atoms with E-state index in [4.69, 9.17) is 0 Å². The van der Waals surface area contributed by atoms with E-state index in [0.29, 0.717) is 17.4 Å². The molecule has 2 nitrogen and oxygen atoms in total. The molecule has 2 heteroatoms. The van der Waals surface area contributed by atoms with Crippen LogP contribution in [0.4, 0.5) is 5.69 Å². The van der Waals surface area contributed by atoms with Crippen LogP contribution in [0, 0.1) is 5.92 Å². The van der Waals surface area contributed by atoms with Gasteiger partial charge in [0.05, 0.1) is 0 Å². The molecule has 0 bridgehead atoms. The highest BCUT2D eigenvalue weighted by molar-refractivity contribution is 6.04. The minimum Gasteiger partial charge on any atom is -0.322 e. The Morgan fingerprint density at radius 3 is 2.31 bits per heavy atom. The summed E-state index contributed by atoms with van der Waals surface area (Å²) < 4.78 is 0. The zero-order chi connectivity index (χ0) is 19.6. The molecule has 0 aliphatic heterocycles. The van der Waals surface area contributed by atoms with Crippen LogP contribution in [0.15, 0.2) is 97.1 Å². The fourth-order valence-corrected chi connectivity index (χ4v) is 4.16. The van der Waals surface area contributed by atoms with Crippen molar-refractivity contribution in [1.82, 2.24) is 0 Å². The van der Waals surface area contributed by atoms with Gasteiger partial charge in [-0.25, -0.2) is 0 Å². The van der Waals surface area contributed by atoms with E-state index in [2.05, 4.69) is 59.9 Å². The van der Waals surface area contributed by atoms with Crippen LogP contribution < -0.4 is 5.32 Å². The van der Waals surface area contributed by atoms with Crippen LogP contribution in [-0.4, -0.2) is 5.91 Å². The van der Waals surface area contributed by atoms with Gasteiger partial charge < -0.3 is 5.32 Å². The predicted molar refractivity (Wildman–Crippen MR) is 119 cm³/mol. The van der Waals surface area contributed by atoms with Crippen molar-refractivity contribution in [3.8, 4) is 0 Å². The summed E-state index contributed by atoms with van der Waals surface area (Å²) in [5.74, 6) is 1.26. The SMILES string of the molecule is O=C(Nc1ccc([C@@H]2C[C@@H]2Cc2ccc3ccccc3c2)cc1)c1ccccc1. The number of hydrogen-bond donors (Lipinski definition) is 1. The van der Waals surface area contributed by atoms with Crippen LogP contribution in [0.5, 0.6) is 0 Å². The standard InChI is InChI=1S/C27H23NO/c29-27(22-7-2-1-3-8-22)28-25-14-12-21(13-15-25)26-18-24(26)17-19-10-11-20-6-4-5-9-23(20)16-19/h1-16,24,26H,17-18H2,(H,28,29)/t24-,26-/m0/s1. The third-order valence-electron chi connectivity index (χ3n) is 5.87. The van der Waals surface area contributed by atoms with E-state index >= 15 is 0 Å². The molecule has 1 fully saturated rings. The molecule has 1 amide bonds. The van der Waals surface area contributed by atoms with E-state index in [1.165, 1.54) is 28.3 Å². The van der Waals surface area contributed by atoms with Gasteiger partial charge in [-0.05, 0) is 70.8 Å². The zero-order valence-corrected chi connectivity index (χ0v) is 16.2. The summed E-state index contributed by atoms with van der Waals surface area (Å²) in [5.41, 5.74) is 4.31. The number of rotatable bonds is 5. The van der Waals surface area contributed by atoms with Gasteiger partial charge in [-0.2, -0.15) is 0 Å². The summed E-state index contributed by atoms with van der Waals surface area (Å²) in [7, 11) is 0. The van der Waals surface area contributed by atoms with Crippen molar-refractivity contribution < 1.29 is 4.79 Å². The van der Waals surface area contributed by atoms with E-state index in [-0.39, 0.29) is 5.91 Å². The van der Waals surface area contributed by atoms with Crippen LogP contribution in [0.3, 0.4) is 0 Å².